The molecule has 20 heavy (non-hydrogen) atoms. The summed E-state index contributed by atoms with van der Waals surface area (Å²) in [6, 6.07) is 5.76. The minimum absolute atomic E-state index is 0.188. The molecular weight excluding hydrogens is 277 g/mol. The molecule has 2 heterocycles. The Kier molecular flexibility index (Phi) is 3.55. The predicted molar refractivity (Wildman–Crippen MR) is 60.5 cm³/mol. The zero-order valence-electron chi connectivity index (χ0n) is 9.76. The molecule has 0 unspecified atom stereocenters. The van der Waals surface area contributed by atoms with Gasteiger partial charge in [-0.3, -0.25) is 0 Å². The third-order valence-corrected chi connectivity index (χ3v) is 2.20. The van der Waals surface area contributed by atoms with Crippen LogP contribution in [0.15, 0.2) is 36.5 Å². The van der Waals surface area contributed by atoms with E-state index in [4.69, 9.17) is 9.84 Å². The summed E-state index contributed by atoms with van der Waals surface area (Å²) < 4.78 is 42.5. The number of rotatable bonds is 3. The minimum atomic E-state index is -4.61. The van der Waals surface area contributed by atoms with E-state index in [-0.39, 0.29) is 11.6 Å². The smallest absolute Gasteiger partial charge is 0.433 e. The fraction of sp³-hybridized carbons (Fsp3) is 0.0833. The van der Waals surface area contributed by atoms with Crippen LogP contribution in [0.3, 0.4) is 0 Å². The number of nitrogens with zero attached hydrogens (tertiary/aromatic N) is 2. The molecule has 5 nitrogen and oxygen atoms in total. The number of alkyl halides is 3. The minimum Gasteiger partial charge on any atom is -0.476 e. The van der Waals surface area contributed by atoms with E-state index in [1.165, 1.54) is 24.4 Å². The quantitative estimate of drug-likeness (QED) is 0.938. The molecule has 104 valence electrons. The van der Waals surface area contributed by atoms with E-state index >= 15 is 0 Å². The SMILES string of the molecule is O=C(O)c1ncccc1Oc1cccc(C(F)(F)F)n1. The van der Waals surface area contributed by atoms with E-state index in [1.807, 2.05) is 0 Å². The molecule has 0 aliphatic rings. The topological polar surface area (TPSA) is 72.3 Å². The number of pyridine rings is 2. The van der Waals surface area contributed by atoms with Crippen molar-refractivity contribution >= 4 is 5.97 Å². The Bertz CT molecular complexity index is 644. The summed E-state index contributed by atoms with van der Waals surface area (Å²) in [5, 5.41) is 8.88. The van der Waals surface area contributed by atoms with Crippen LogP contribution < -0.4 is 4.74 Å². The molecule has 0 saturated heterocycles. The molecule has 0 fully saturated rings. The Balaban J connectivity index is 2.34. The second-order valence-electron chi connectivity index (χ2n) is 3.62. The first-order valence-corrected chi connectivity index (χ1v) is 5.28. The van der Waals surface area contributed by atoms with Crippen molar-refractivity contribution in [2.75, 3.05) is 0 Å². The van der Waals surface area contributed by atoms with E-state index in [0.29, 0.717) is 0 Å². The molecule has 2 aromatic heterocycles. The number of hydrogen-bond donors (Lipinski definition) is 1. The van der Waals surface area contributed by atoms with Crippen molar-refractivity contribution < 1.29 is 27.8 Å². The van der Waals surface area contributed by atoms with Gasteiger partial charge in [-0.1, -0.05) is 6.07 Å². The van der Waals surface area contributed by atoms with E-state index in [1.54, 1.807) is 0 Å². The van der Waals surface area contributed by atoms with Gasteiger partial charge in [-0.25, -0.2) is 14.8 Å². The molecule has 2 aromatic rings. The monoisotopic (exact) mass is 284 g/mol. The largest absolute Gasteiger partial charge is 0.476 e. The molecular formula is C12H7F3N2O3. The summed E-state index contributed by atoms with van der Waals surface area (Å²) in [5.74, 6) is -1.91. The first kappa shape index (κ1) is 13.8. The zero-order valence-corrected chi connectivity index (χ0v) is 9.76. The van der Waals surface area contributed by atoms with Crippen LogP contribution in [0.1, 0.15) is 16.2 Å². The molecule has 0 bridgehead atoms. The van der Waals surface area contributed by atoms with E-state index in [0.717, 1.165) is 12.1 Å². The van der Waals surface area contributed by atoms with Crippen molar-refractivity contribution in [2.45, 2.75) is 6.18 Å². The molecule has 2 rings (SSSR count). The van der Waals surface area contributed by atoms with Gasteiger partial charge in [0.1, 0.15) is 5.69 Å². The lowest BCUT2D eigenvalue weighted by atomic mass is 10.3. The van der Waals surface area contributed by atoms with Gasteiger partial charge in [0.15, 0.2) is 11.4 Å². The molecule has 0 radical (unpaired) electrons. The van der Waals surface area contributed by atoms with Crippen LogP contribution in [0.4, 0.5) is 13.2 Å². The highest BCUT2D eigenvalue weighted by Gasteiger charge is 2.32. The van der Waals surface area contributed by atoms with Gasteiger partial charge in [0, 0.05) is 12.3 Å². The van der Waals surface area contributed by atoms with Gasteiger partial charge in [-0.05, 0) is 18.2 Å². The number of hydrogen-bond acceptors (Lipinski definition) is 4. The van der Waals surface area contributed by atoms with Crippen LogP contribution in [0.5, 0.6) is 11.6 Å². The van der Waals surface area contributed by atoms with Gasteiger partial charge in [0.25, 0.3) is 0 Å². The Morgan fingerprint density at radius 3 is 2.60 bits per heavy atom. The van der Waals surface area contributed by atoms with Crippen LogP contribution in [0.2, 0.25) is 0 Å². The molecule has 8 heteroatoms. The lowest BCUT2D eigenvalue weighted by Gasteiger charge is -2.09. The maximum atomic E-state index is 12.5. The molecule has 0 aliphatic heterocycles. The van der Waals surface area contributed by atoms with Gasteiger partial charge in [-0.2, -0.15) is 13.2 Å². The molecule has 0 aromatic carbocycles. The number of halogens is 3. The van der Waals surface area contributed by atoms with Crippen molar-refractivity contribution in [1.29, 1.82) is 0 Å². The second-order valence-corrected chi connectivity index (χ2v) is 3.62. The molecule has 0 aliphatic carbocycles. The van der Waals surface area contributed by atoms with Crippen LogP contribution in [-0.2, 0) is 6.18 Å². The van der Waals surface area contributed by atoms with Crippen molar-refractivity contribution in [2.24, 2.45) is 0 Å². The van der Waals surface area contributed by atoms with Crippen LogP contribution in [-0.4, -0.2) is 21.0 Å². The lowest BCUT2D eigenvalue weighted by molar-refractivity contribution is -0.141. The number of aromatic nitrogens is 2. The maximum Gasteiger partial charge on any atom is 0.433 e. The fourth-order valence-corrected chi connectivity index (χ4v) is 1.38. The summed E-state index contributed by atoms with van der Waals surface area (Å²) in [6.07, 6.45) is -3.38. The van der Waals surface area contributed by atoms with E-state index < -0.39 is 23.5 Å². The van der Waals surface area contributed by atoms with Crippen LogP contribution in [0, 0.1) is 0 Å². The standard InChI is InChI=1S/C12H7F3N2O3/c13-12(14,15)8-4-1-5-9(17-8)20-7-3-2-6-16-10(7)11(18)19/h1-6H,(H,18,19). The van der Waals surface area contributed by atoms with Crippen molar-refractivity contribution in [3.05, 3.63) is 47.9 Å². The van der Waals surface area contributed by atoms with Gasteiger partial charge in [-0.15, -0.1) is 0 Å². The molecule has 0 saturated carbocycles. The van der Waals surface area contributed by atoms with Gasteiger partial charge in [0.05, 0.1) is 0 Å². The third-order valence-electron chi connectivity index (χ3n) is 2.20. The van der Waals surface area contributed by atoms with Crippen molar-refractivity contribution in [3.8, 4) is 11.6 Å². The Morgan fingerprint density at radius 1 is 1.20 bits per heavy atom. The number of aromatic carboxylic acids is 1. The third kappa shape index (κ3) is 3.02. The summed E-state index contributed by atoms with van der Waals surface area (Å²) in [5.41, 5.74) is -1.54. The Hall–Kier alpha value is -2.64. The van der Waals surface area contributed by atoms with Gasteiger partial charge in [0.2, 0.25) is 5.88 Å². The Labute approximate surface area is 110 Å². The van der Waals surface area contributed by atoms with Crippen LogP contribution >= 0.6 is 0 Å². The fourth-order valence-electron chi connectivity index (χ4n) is 1.38. The zero-order chi connectivity index (χ0) is 14.8. The number of carboxylic acid groups (broad SMARTS) is 1. The van der Waals surface area contributed by atoms with E-state index in [2.05, 4.69) is 9.97 Å². The molecule has 0 spiro atoms. The number of carboxylic acids is 1. The van der Waals surface area contributed by atoms with Crippen molar-refractivity contribution in [1.82, 2.24) is 9.97 Å². The summed E-state index contributed by atoms with van der Waals surface area (Å²) in [7, 11) is 0. The number of ether oxygens (including phenoxy) is 1. The highest BCUT2D eigenvalue weighted by molar-refractivity contribution is 5.88. The van der Waals surface area contributed by atoms with E-state index in [9.17, 15) is 18.0 Å². The first-order valence-electron chi connectivity index (χ1n) is 5.28. The summed E-state index contributed by atoms with van der Waals surface area (Å²) >= 11 is 0. The van der Waals surface area contributed by atoms with Gasteiger partial charge < -0.3 is 9.84 Å². The van der Waals surface area contributed by atoms with Crippen LogP contribution in [0.25, 0.3) is 0 Å². The van der Waals surface area contributed by atoms with Crippen molar-refractivity contribution in [3.63, 3.8) is 0 Å². The highest BCUT2D eigenvalue weighted by atomic mass is 19.4. The second kappa shape index (κ2) is 5.16. The Morgan fingerprint density at radius 2 is 1.95 bits per heavy atom. The predicted octanol–water partition coefficient (Wildman–Crippen LogP) is 2.99. The average Bonchev–Trinajstić information content (AvgIpc) is 2.38. The molecule has 0 amide bonds. The maximum absolute atomic E-state index is 12.5. The average molecular weight is 284 g/mol. The number of carbonyl (C=O) groups is 1. The summed E-state index contributed by atoms with van der Waals surface area (Å²) in [6.45, 7) is 0. The first-order chi connectivity index (χ1) is 9.38. The lowest BCUT2D eigenvalue weighted by Crippen LogP contribution is -2.08. The normalized spacial score (nSPS) is 11.2. The molecule has 0 atom stereocenters. The molecule has 1 N–H and O–H groups in total. The highest BCUT2D eigenvalue weighted by Crippen LogP contribution is 2.30. The summed E-state index contributed by atoms with van der Waals surface area (Å²) in [4.78, 5) is 17.7. The van der Waals surface area contributed by atoms with Gasteiger partial charge >= 0.3 is 12.1 Å².